The number of nitrogen functional groups attached to an aromatic ring is 1. The monoisotopic (exact) mass is 253 g/mol. The summed E-state index contributed by atoms with van der Waals surface area (Å²) in [5.74, 6) is -2.82. The molecule has 2 heterocycles. The first-order chi connectivity index (χ1) is 8.29. The van der Waals surface area contributed by atoms with Crippen molar-refractivity contribution < 1.29 is 8.78 Å². The number of aromatic nitrogens is 4. The Morgan fingerprint density at radius 3 is 2.44 bits per heavy atom. The smallest absolute Gasteiger partial charge is 0.303 e. The molecule has 0 fully saturated rings. The van der Waals surface area contributed by atoms with Crippen LogP contribution >= 0.6 is 0 Å². The molecule has 0 spiro atoms. The van der Waals surface area contributed by atoms with Gasteiger partial charge in [-0.15, -0.1) is 0 Å². The summed E-state index contributed by atoms with van der Waals surface area (Å²) in [5, 5.41) is 3.98. The fourth-order valence-electron chi connectivity index (χ4n) is 1.70. The van der Waals surface area contributed by atoms with Gasteiger partial charge in [-0.2, -0.15) is 13.9 Å². The summed E-state index contributed by atoms with van der Waals surface area (Å²) in [6, 6.07) is 3.26. The molecule has 96 valence electrons. The predicted molar refractivity (Wildman–Crippen MR) is 63.0 cm³/mol. The van der Waals surface area contributed by atoms with Crippen molar-refractivity contribution in [3.8, 4) is 11.4 Å². The lowest BCUT2D eigenvalue weighted by atomic mass is 10.2. The Labute approximate surface area is 103 Å². The van der Waals surface area contributed by atoms with Gasteiger partial charge >= 0.3 is 5.92 Å². The van der Waals surface area contributed by atoms with Crippen molar-refractivity contribution in [2.24, 2.45) is 7.05 Å². The summed E-state index contributed by atoms with van der Waals surface area (Å²) in [5.41, 5.74) is 6.73. The zero-order valence-corrected chi connectivity index (χ0v) is 10.3. The van der Waals surface area contributed by atoms with Crippen molar-refractivity contribution in [1.29, 1.82) is 0 Å². The third kappa shape index (κ3) is 2.15. The number of aryl methyl sites for hydroxylation is 2. The zero-order chi connectivity index (χ0) is 13.5. The minimum Gasteiger partial charge on any atom is -0.384 e. The number of nitrogens with zero attached hydrogens (tertiary/aromatic N) is 4. The maximum Gasteiger partial charge on any atom is 0.303 e. The van der Waals surface area contributed by atoms with E-state index in [1.54, 1.807) is 19.1 Å². The minimum atomic E-state index is -3.03. The molecule has 2 aromatic rings. The van der Waals surface area contributed by atoms with Gasteiger partial charge in [-0.1, -0.05) is 0 Å². The molecule has 18 heavy (non-hydrogen) atoms. The lowest BCUT2D eigenvalue weighted by Gasteiger charge is -2.07. The number of nitrogens with two attached hydrogens (primary N) is 1. The Morgan fingerprint density at radius 2 is 1.94 bits per heavy atom. The van der Waals surface area contributed by atoms with Crippen molar-refractivity contribution in [1.82, 2.24) is 19.7 Å². The van der Waals surface area contributed by atoms with Crippen LogP contribution < -0.4 is 5.73 Å². The Kier molecular flexibility index (Phi) is 2.76. The average molecular weight is 253 g/mol. The predicted octanol–water partition coefficient (Wildman–Crippen LogP) is 1.88. The zero-order valence-electron chi connectivity index (χ0n) is 10.3. The van der Waals surface area contributed by atoms with Crippen LogP contribution in [-0.4, -0.2) is 19.7 Å². The van der Waals surface area contributed by atoms with Gasteiger partial charge in [0.15, 0.2) is 11.6 Å². The van der Waals surface area contributed by atoms with Gasteiger partial charge < -0.3 is 5.73 Å². The minimum absolute atomic E-state index is 0.221. The second kappa shape index (κ2) is 4.01. The molecule has 0 saturated heterocycles. The standard InChI is InChI=1S/C11H13F2N5/c1-6-7(4-5-8(14)15-6)9-16-10(11(2,12)13)18(3)17-9/h4-5H,1-3H3,(H2,14,15). The number of hydrogen-bond donors (Lipinski definition) is 1. The average Bonchev–Trinajstić information content (AvgIpc) is 2.59. The van der Waals surface area contributed by atoms with E-state index in [0.29, 0.717) is 17.1 Å². The van der Waals surface area contributed by atoms with E-state index in [1.165, 1.54) is 7.05 Å². The quantitative estimate of drug-likeness (QED) is 0.887. The summed E-state index contributed by atoms with van der Waals surface area (Å²) in [7, 11) is 1.43. The van der Waals surface area contributed by atoms with Crippen molar-refractivity contribution >= 4 is 5.82 Å². The number of pyridine rings is 1. The largest absolute Gasteiger partial charge is 0.384 e. The molecule has 0 atom stereocenters. The van der Waals surface area contributed by atoms with E-state index in [-0.39, 0.29) is 11.6 Å². The van der Waals surface area contributed by atoms with Crippen LogP contribution in [0.3, 0.4) is 0 Å². The molecular weight excluding hydrogens is 240 g/mol. The van der Waals surface area contributed by atoms with E-state index < -0.39 is 5.92 Å². The maximum atomic E-state index is 13.3. The first-order valence-electron chi connectivity index (χ1n) is 5.32. The van der Waals surface area contributed by atoms with Crippen LogP contribution in [0.15, 0.2) is 12.1 Å². The second-order valence-corrected chi connectivity index (χ2v) is 4.14. The molecule has 0 aromatic carbocycles. The second-order valence-electron chi connectivity index (χ2n) is 4.14. The van der Waals surface area contributed by atoms with Crippen molar-refractivity contribution in [3.05, 3.63) is 23.7 Å². The van der Waals surface area contributed by atoms with Gasteiger partial charge in [-0.05, 0) is 19.1 Å². The number of anilines is 1. The lowest BCUT2D eigenvalue weighted by molar-refractivity contribution is 0.00411. The molecule has 5 nitrogen and oxygen atoms in total. The molecule has 0 radical (unpaired) electrons. The van der Waals surface area contributed by atoms with E-state index >= 15 is 0 Å². The Bertz CT molecular complexity index is 586. The summed E-state index contributed by atoms with van der Waals surface area (Å²) in [6.45, 7) is 2.51. The molecule has 0 aliphatic heterocycles. The SMILES string of the molecule is Cc1nc(N)ccc1-c1nc(C(C)(F)F)n(C)n1. The molecule has 7 heteroatoms. The number of rotatable bonds is 2. The van der Waals surface area contributed by atoms with Crippen LogP contribution in [0.25, 0.3) is 11.4 Å². The van der Waals surface area contributed by atoms with Crippen LogP contribution in [0.4, 0.5) is 14.6 Å². The van der Waals surface area contributed by atoms with Crippen molar-refractivity contribution in [3.63, 3.8) is 0 Å². The molecule has 0 aliphatic carbocycles. The molecule has 2 rings (SSSR count). The van der Waals surface area contributed by atoms with Gasteiger partial charge in [-0.3, -0.25) is 0 Å². The van der Waals surface area contributed by atoms with Crippen LogP contribution in [-0.2, 0) is 13.0 Å². The normalized spacial score (nSPS) is 11.8. The highest BCUT2D eigenvalue weighted by Gasteiger charge is 2.31. The molecular formula is C11H13F2N5. The highest BCUT2D eigenvalue weighted by Crippen LogP contribution is 2.27. The molecule has 2 N–H and O–H groups in total. The Hall–Kier alpha value is -2.05. The molecule has 0 saturated carbocycles. The van der Waals surface area contributed by atoms with Crippen molar-refractivity contribution in [2.45, 2.75) is 19.8 Å². The van der Waals surface area contributed by atoms with E-state index in [0.717, 1.165) is 11.6 Å². The van der Waals surface area contributed by atoms with E-state index in [1.807, 2.05) is 0 Å². The van der Waals surface area contributed by atoms with Crippen LogP contribution in [0.5, 0.6) is 0 Å². The highest BCUT2D eigenvalue weighted by atomic mass is 19.3. The van der Waals surface area contributed by atoms with E-state index in [9.17, 15) is 8.78 Å². The van der Waals surface area contributed by atoms with Crippen LogP contribution in [0.2, 0.25) is 0 Å². The Morgan fingerprint density at radius 1 is 1.28 bits per heavy atom. The number of hydrogen-bond acceptors (Lipinski definition) is 4. The number of halogens is 2. The molecule has 0 amide bonds. The molecule has 2 aromatic heterocycles. The van der Waals surface area contributed by atoms with E-state index in [4.69, 9.17) is 5.73 Å². The third-order valence-electron chi connectivity index (χ3n) is 2.50. The van der Waals surface area contributed by atoms with Gasteiger partial charge in [0.05, 0.1) is 5.69 Å². The maximum absolute atomic E-state index is 13.3. The fraction of sp³-hybridized carbons (Fsp3) is 0.364. The van der Waals surface area contributed by atoms with Gasteiger partial charge in [-0.25, -0.2) is 14.6 Å². The van der Waals surface area contributed by atoms with Crippen molar-refractivity contribution in [2.75, 3.05) is 5.73 Å². The van der Waals surface area contributed by atoms with Crippen LogP contribution in [0.1, 0.15) is 18.4 Å². The first kappa shape index (κ1) is 12.4. The first-order valence-corrected chi connectivity index (χ1v) is 5.32. The molecule has 0 aliphatic rings. The van der Waals surface area contributed by atoms with Gasteiger partial charge in [0.25, 0.3) is 0 Å². The summed E-state index contributed by atoms with van der Waals surface area (Å²) >= 11 is 0. The summed E-state index contributed by atoms with van der Waals surface area (Å²) < 4.78 is 27.6. The summed E-state index contributed by atoms with van der Waals surface area (Å²) in [6.07, 6.45) is 0. The van der Waals surface area contributed by atoms with E-state index in [2.05, 4.69) is 15.1 Å². The third-order valence-corrected chi connectivity index (χ3v) is 2.50. The van der Waals surface area contributed by atoms with Gasteiger partial charge in [0.2, 0.25) is 0 Å². The number of alkyl halides is 2. The Balaban J connectivity index is 2.53. The van der Waals surface area contributed by atoms with Crippen LogP contribution in [0, 0.1) is 6.92 Å². The molecule has 0 unspecified atom stereocenters. The molecule has 0 bridgehead atoms. The topological polar surface area (TPSA) is 69.6 Å². The lowest BCUT2D eigenvalue weighted by Crippen LogP contribution is -2.14. The highest BCUT2D eigenvalue weighted by molar-refractivity contribution is 5.59. The van der Waals surface area contributed by atoms with Gasteiger partial charge in [0, 0.05) is 19.5 Å². The fourth-order valence-corrected chi connectivity index (χ4v) is 1.70. The summed E-state index contributed by atoms with van der Waals surface area (Å²) in [4.78, 5) is 7.91. The van der Waals surface area contributed by atoms with Gasteiger partial charge in [0.1, 0.15) is 5.82 Å².